The van der Waals surface area contributed by atoms with E-state index in [0.717, 1.165) is 24.4 Å². The number of thiazole rings is 1. The molecular formula is C11H15ClN2OS. The summed E-state index contributed by atoms with van der Waals surface area (Å²) in [5.74, 6) is 0. The summed E-state index contributed by atoms with van der Waals surface area (Å²) in [5, 5.41) is 1.25. The second kappa shape index (κ2) is 5.15. The van der Waals surface area contributed by atoms with Crippen LogP contribution in [0.5, 0.6) is 0 Å². The lowest BCUT2D eigenvalue weighted by atomic mass is 10.3. The fourth-order valence-electron chi connectivity index (χ4n) is 1.65. The van der Waals surface area contributed by atoms with Gasteiger partial charge in [0.25, 0.3) is 0 Å². The maximum absolute atomic E-state index is 10.7. The van der Waals surface area contributed by atoms with Crippen molar-refractivity contribution in [2.24, 2.45) is 0 Å². The van der Waals surface area contributed by atoms with E-state index in [0.29, 0.717) is 16.1 Å². The summed E-state index contributed by atoms with van der Waals surface area (Å²) in [4.78, 5) is 17.8. The van der Waals surface area contributed by atoms with E-state index in [2.05, 4.69) is 16.8 Å². The quantitative estimate of drug-likeness (QED) is 0.734. The van der Waals surface area contributed by atoms with E-state index in [1.54, 1.807) is 0 Å². The maximum Gasteiger partial charge on any atom is 0.187 e. The SMILES string of the molecule is CCCCN(c1nc(Cl)c(C=O)s1)C1CC1. The lowest BCUT2D eigenvalue weighted by molar-refractivity contribution is 0.112. The number of rotatable bonds is 6. The molecule has 0 amide bonds. The van der Waals surface area contributed by atoms with Gasteiger partial charge in [0, 0.05) is 12.6 Å². The van der Waals surface area contributed by atoms with Gasteiger partial charge >= 0.3 is 0 Å². The summed E-state index contributed by atoms with van der Waals surface area (Å²) in [6.07, 6.45) is 5.58. The molecule has 0 saturated heterocycles. The average molecular weight is 259 g/mol. The number of aromatic nitrogens is 1. The Morgan fingerprint density at radius 1 is 1.62 bits per heavy atom. The van der Waals surface area contributed by atoms with E-state index in [1.807, 2.05) is 0 Å². The van der Waals surface area contributed by atoms with Crippen molar-refractivity contribution in [1.82, 2.24) is 4.98 Å². The number of unbranched alkanes of at least 4 members (excludes halogenated alkanes) is 1. The highest BCUT2D eigenvalue weighted by atomic mass is 35.5. The third-order valence-electron chi connectivity index (χ3n) is 2.69. The Morgan fingerprint density at radius 2 is 2.38 bits per heavy atom. The maximum atomic E-state index is 10.7. The van der Waals surface area contributed by atoms with Gasteiger partial charge in [-0.05, 0) is 19.3 Å². The molecule has 1 aliphatic rings. The van der Waals surface area contributed by atoms with Gasteiger partial charge < -0.3 is 4.90 Å². The van der Waals surface area contributed by atoms with Gasteiger partial charge in [-0.25, -0.2) is 4.98 Å². The van der Waals surface area contributed by atoms with Crippen LogP contribution in [0.1, 0.15) is 42.3 Å². The van der Waals surface area contributed by atoms with Gasteiger partial charge in [-0.2, -0.15) is 0 Å². The highest BCUT2D eigenvalue weighted by Gasteiger charge is 2.31. The summed E-state index contributed by atoms with van der Waals surface area (Å²) >= 11 is 7.29. The number of hydrogen-bond donors (Lipinski definition) is 0. The van der Waals surface area contributed by atoms with Crippen LogP contribution in [0.3, 0.4) is 0 Å². The molecule has 16 heavy (non-hydrogen) atoms. The first-order valence-electron chi connectivity index (χ1n) is 5.64. The molecule has 1 fully saturated rings. The predicted molar refractivity (Wildman–Crippen MR) is 67.8 cm³/mol. The lowest BCUT2D eigenvalue weighted by Gasteiger charge is -2.20. The number of carbonyl (C=O) groups is 1. The van der Waals surface area contributed by atoms with Gasteiger partial charge in [-0.3, -0.25) is 4.79 Å². The first-order chi connectivity index (χ1) is 7.76. The normalized spacial score (nSPS) is 15.1. The molecule has 0 aliphatic heterocycles. The minimum Gasteiger partial charge on any atom is -0.345 e. The number of hydrogen-bond acceptors (Lipinski definition) is 4. The second-order valence-corrected chi connectivity index (χ2v) is 5.41. The summed E-state index contributed by atoms with van der Waals surface area (Å²) in [7, 11) is 0. The van der Waals surface area contributed by atoms with Crippen molar-refractivity contribution in [2.45, 2.75) is 38.6 Å². The van der Waals surface area contributed by atoms with E-state index in [9.17, 15) is 4.79 Å². The minimum atomic E-state index is 0.345. The Hall–Kier alpha value is -0.610. The third kappa shape index (κ3) is 2.55. The molecule has 0 bridgehead atoms. The predicted octanol–water partition coefficient (Wildman–Crippen LogP) is 3.38. The fraction of sp³-hybridized carbons (Fsp3) is 0.636. The van der Waals surface area contributed by atoms with E-state index >= 15 is 0 Å². The van der Waals surface area contributed by atoms with Gasteiger partial charge in [0.05, 0.1) is 0 Å². The average Bonchev–Trinajstić information content (AvgIpc) is 3.03. The van der Waals surface area contributed by atoms with Crippen molar-refractivity contribution >= 4 is 34.4 Å². The Bertz CT molecular complexity index is 376. The molecule has 1 heterocycles. The monoisotopic (exact) mass is 258 g/mol. The zero-order chi connectivity index (χ0) is 11.5. The molecule has 1 aromatic heterocycles. The molecular weight excluding hydrogens is 244 g/mol. The molecule has 5 heteroatoms. The van der Waals surface area contributed by atoms with Gasteiger partial charge in [-0.1, -0.05) is 36.3 Å². The molecule has 3 nitrogen and oxygen atoms in total. The molecule has 0 atom stereocenters. The van der Waals surface area contributed by atoms with Crippen LogP contribution in [0.2, 0.25) is 5.15 Å². The van der Waals surface area contributed by atoms with E-state index in [-0.39, 0.29) is 0 Å². The molecule has 1 aliphatic carbocycles. The van der Waals surface area contributed by atoms with Crippen LogP contribution in [-0.2, 0) is 0 Å². The van der Waals surface area contributed by atoms with Crippen molar-refractivity contribution in [3.63, 3.8) is 0 Å². The molecule has 1 saturated carbocycles. The standard InChI is InChI=1S/C11H15ClN2OS/c1-2-3-6-14(8-4-5-8)11-13-10(12)9(7-15)16-11/h7-8H,2-6H2,1H3. The molecule has 0 N–H and O–H groups in total. The Morgan fingerprint density at radius 3 is 2.88 bits per heavy atom. The van der Waals surface area contributed by atoms with E-state index in [1.165, 1.54) is 30.6 Å². The summed E-state index contributed by atoms with van der Waals surface area (Å²) in [6.45, 7) is 3.19. The van der Waals surface area contributed by atoms with Gasteiger partial charge in [0.15, 0.2) is 16.6 Å². The highest BCUT2D eigenvalue weighted by Crippen LogP contribution is 2.36. The Balaban J connectivity index is 2.13. The van der Waals surface area contributed by atoms with Crippen LogP contribution in [0, 0.1) is 0 Å². The van der Waals surface area contributed by atoms with Crippen molar-refractivity contribution < 1.29 is 4.79 Å². The molecule has 1 aromatic rings. The van der Waals surface area contributed by atoms with Crippen LogP contribution in [0.15, 0.2) is 0 Å². The Labute approximate surface area is 104 Å². The Kier molecular flexibility index (Phi) is 3.82. The molecule has 0 radical (unpaired) electrons. The van der Waals surface area contributed by atoms with E-state index < -0.39 is 0 Å². The largest absolute Gasteiger partial charge is 0.345 e. The third-order valence-corrected chi connectivity index (χ3v) is 4.11. The van der Waals surface area contributed by atoms with Crippen LogP contribution in [0.4, 0.5) is 5.13 Å². The van der Waals surface area contributed by atoms with Crippen LogP contribution in [0.25, 0.3) is 0 Å². The number of nitrogens with zero attached hydrogens (tertiary/aromatic N) is 2. The zero-order valence-corrected chi connectivity index (χ0v) is 10.9. The number of carbonyl (C=O) groups excluding carboxylic acids is 1. The van der Waals surface area contributed by atoms with E-state index in [4.69, 9.17) is 11.6 Å². The van der Waals surface area contributed by atoms with Crippen LogP contribution >= 0.6 is 22.9 Å². The lowest BCUT2D eigenvalue weighted by Crippen LogP contribution is -2.26. The smallest absolute Gasteiger partial charge is 0.187 e. The van der Waals surface area contributed by atoms with Crippen LogP contribution in [-0.4, -0.2) is 23.9 Å². The van der Waals surface area contributed by atoms with Gasteiger partial charge in [-0.15, -0.1) is 0 Å². The van der Waals surface area contributed by atoms with Crippen molar-refractivity contribution in [3.8, 4) is 0 Å². The number of aldehydes is 1. The van der Waals surface area contributed by atoms with Crippen molar-refractivity contribution in [2.75, 3.05) is 11.4 Å². The summed E-state index contributed by atoms with van der Waals surface area (Å²) in [6, 6.07) is 0.619. The van der Waals surface area contributed by atoms with Gasteiger partial charge in [0.2, 0.25) is 0 Å². The molecule has 88 valence electrons. The van der Waals surface area contributed by atoms with Gasteiger partial charge in [0.1, 0.15) is 4.88 Å². The zero-order valence-electron chi connectivity index (χ0n) is 9.28. The number of halogens is 1. The molecule has 0 aromatic carbocycles. The topological polar surface area (TPSA) is 33.2 Å². The fourth-order valence-corrected chi connectivity index (χ4v) is 2.81. The van der Waals surface area contributed by atoms with Crippen molar-refractivity contribution in [3.05, 3.63) is 10.0 Å². The summed E-state index contributed by atoms with van der Waals surface area (Å²) < 4.78 is 0. The first kappa shape index (κ1) is 11.9. The highest BCUT2D eigenvalue weighted by molar-refractivity contribution is 7.17. The number of anilines is 1. The minimum absolute atomic E-state index is 0.345. The summed E-state index contributed by atoms with van der Waals surface area (Å²) in [5.41, 5.74) is 0. The van der Waals surface area contributed by atoms with Crippen LogP contribution < -0.4 is 4.90 Å². The molecule has 2 rings (SSSR count). The van der Waals surface area contributed by atoms with Crippen molar-refractivity contribution in [1.29, 1.82) is 0 Å². The molecule has 0 unspecified atom stereocenters. The second-order valence-electron chi connectivity index (χ2n) is 4.05. The molecule has 0 spiro atoms. The first-order valence-corrected chi connectivity index (χ1v) is 6.83.